The van der Waals surface area contributed by atoms with Gasteiger partial charge in [0, 0.05) is 17.4 Å². The minimum Gasteiger partial charge on any atom is -0.324 e. The second-order valence-electron chi connectivity index (χ2n) is 3.30. The van der Waals surface area contributed by atoms with Crippen LogP contribution in [0.4, 0.5) is 0 Å². The third-order valence-electron chi connectivity index (χ3n) is 2.40. The summed E-state index contributed by atoms with van der Waals surface area (Å²) in [5.74, 6) is 0.834. The number of benzene rings is 1. The maximum Gasteiger partial charge on any atom is 0.126 e. The average molecular weight is 222 g/mol. The fraction of sp³-hybridized carbons (Fsp3) is 0.182. The molecule has 2 N–H and O–H groups in total. The summed E-state index contributed by atoms with van der Waals surface area (Å²) >= 11 is 6.06. The summed E-state index contributed by atoms with van der Waals surface area (Å²) in [6.45, 7) is 2.40. The van der Waals surface area contributed by atoms with Crippen molar-refractivity contribution in [2.75, 3.05) is 0 Å². The molecule has 0 radical (unpaired) electrons. The Hall–Kier alpha value is -1.32. The summed E-state index contributed by atoms with van der Waals surface area (Å²) in [6.07, 6.45) is 3.63. The first-order valence-electron chi connectivity index (χ1n) is 4.72. The van der Waals surface area contributed by atoms with Crippen LogP contribution in [0.1, 0.15) is 11.4 Å². The molecule has 2 rings (SSSR count). The van der Waals surface area contributed by atoms with Gasteiger partial charge in [0.05, 0.1) is 12.2 Å². The highest BCUT2D eigenvalue weighted by atomic mass is 35.5. The van der Waals surface area contributed by atoms with Crippen molar-refractivity contribution in [3.63, 3.8) is 0 Å². The highest BCUT2D eigenvalue weighted by Crippen LogP contribution is 2.22. The summed E-state index contributed by atoms with van der Waals surface area (Å²) in [6, 6.07) is 5.80. The minimum atomic E-state index is 0.416. The van der Waals surface area contributed by atoms with E-state index in [0.717, 1.165) is 22.1 Å². The number of nitrogens with zero attached hydrogens (tertiary/aromatic N) is 2. The number of nitrogens with two attached hydrogens (primary N) is 1. The van der Waals surface area contributed by atoms with E-state index in [0.29, 0.717) is 6.54 Å². The average Bonchev–Trinajstić information content (AvgIpc) is 2.70. The molecule has 0 aliphatic carbocycles. The summed E-state index contributed by atoms with van der Waals surface area (Å²) < 4.78 is 1.96. The minimum absolute atomic E-state index is 0.416. The van der Waals surface area contributed by atoms with Gasteiger partial charge >= 0.3 is 0 Å². The molecule has 0 aliphatic heterocycles. The topological polar surface area (TPSA) is 43.8 Å². The van der Waals surface area contributed by atoms with Crippen LogP contribution in [-0.4, -0.2) is 9.55 Å². The van der Waals surface area contributed by atoms with Crippen LogP contribution in [0.5, 0.6) is 0 Å². The van der Waals surface area contributed by atoms with Gasteiger partial charge in [-0.25, -0.2) is 4.98 Å². The number of halogens is 1. The van der Waals surface area contributed by atoms with Gasteiger partial charge in [0.25, 0.3) is 0 Å². The smallest absolute Gasteiger partial charge is 0.126 e. The first kappa shape index (κ1) is 10.2. The lowest BCUT2D eigenvalue weighted by Crippen LogP contribution is -2.07. The van der Waals surface area contributed by atoms with E-state index in [9.17, 15) is 0 Å². The van der Waals surface area contributed by atoms with E-state index in [1.807, 2.05) is 35.9 Å². The first-order valence-corrected chi connectivity index (χ1v) is 5.09. The molecule has 0 atom stereocenters. The molecule has 4 heteroatoms. The zero-order valence-corrected chi connectivity index (χ0v) is 9.20. The van der Waals surface area contributed by atoms with E-state index in [2.05, 4.69) is 4.98 Å². The molecule has 15 heavy (non-hydrogen) atoms. The lowest BCUT2D eigenvalue weighted by Gasteiger charge is -2.10. The van der Waals surface area contributed by atoms with E-state index in [1.54, 1.807) is 6.20 Å². The number of hydrogen-bond acceptors (Lipinski definition) is 2. The molecule has 2 aromatic rings. The van der Waals surface area contributed by atoms with Crippen molar-refractivity contribution < 1.29 is 0 Å². The van der Waals surface area contributed by atoms with Crippen molar-refractivity contribution >= 4 is 11.6 Å². The fourth-order valence-electron chi connectivity index (χ4n) is 1.56. The number of hydrogen-bond donors (Lipinski definition) is 1. The second kappa shape index (κ2) is 4.04. The molecule has 0 saturated carbocycles. The molecule has 78 valence electrons. The van der Waals surface area contributed by atoms with Gasteiger partial charge < -0.3 is 10.3 Å². The van der Waals surface area contributed by atoms with Crippen molar-refractivity contribution in [3.05, 3.63) is 47.0 Å². The summed E-state index contributed by atoms with van der Waals surface area (Å²) in [4.78, 5) is 4.18. The molecule has 1 aromatic heterocycles. The molecule has 0 aliphatic rings. The predicted octanol–water partition coefficient (Wildman–Crippen LogP) is 2.29. The van der Waals surface area contributed by atoms with E-state index in [-0.39, 0.29) is 0 Å². The van der Waals surface area contributed by atoms with E-state index in [1.165, 1.54) is 0 Å². The predicted molar refractivity (Wildman–Crippen MR) is 61.2 cm³/mol. The number of rotatable bonds is 2. The Labute approximate surface area is 93.5 Å². The quantitative estimate of drug-likeness (QED) is 0.846. The van der Waals surface area contributed by atoms with Gasteiger partial charge in [-0.05, 0) is 24.6 Å². The van der Waals surface area contributed by atoms with Crippen LogP contribution in [0.3, 0.4) is 0 Å². The Morgan fingerprint density at radius 1 is 1.47 bits per heavy atom. The second-order valence-corrected chi connectivity index (χ2v) is 3.71. The number of imidazole rings is 1. The third kappa shape index (κ3) is 1.76. The molecule has 1 aromatic carbocycles. The molecule has 0 fully saturated rings. The summed E-state index contributed by atoms with van der Waals surface area (Å²) in [7, 11) is 0. The van der Waals surface area contributed by atoms with Crippen LogP contribution in [0.25, 0.3) is 5.69 Å². The normalized spacial score (nSPS) is 10.6. The van der Waals surface area contributed by atoms with Crippen molar-refractivity contribution in [1.82, 2.24) is 9.55 Å². The zero-order valence-electron chi connectivity index (χ0n) is 8.44. The van der Waals surface area contributed by atoms with Crippen molar-refractivity contribution in [2.45, 2.75) is 13.5 Å². The van der Waals surface area contributed by atoms with Crippen LogP contribution in [0.15, 0.2) is 30.6 Å². The highest BCUT2D eigenvalue weighted by Gasteiger charge is 2.07. The molecular weight excluding hydrogens is 210 g/mol. The molecule has 0 saturated heterocycles. The lowest BCUT2D eigenvalue weighted by molar-refractivity contribution is 0.863. The monoisotopic (exact) mass is 221 g/mol. The first-order chi connectivity index (χ1) is 7.24. The van der Waals surface area contributed by atoms with Gasteiger partial charge in [0.2, 0.25) is 0 Å². The Bertz CT molecular complexity index is 476. The highest BCUT2D eigenvalue weighted by molar-refractivity contribution is 6.31. The molecule has 1 heterocycles. The SMILES string of the molecule is Cc1c(Cl)cccc1-n1ccnc1CN. The molecule has 0 bridgehead atoms. The Balaban J connectivity index is 2.59. The Kier molecular flexibility index (Phi) is 2.75. The van der Waals surface area contributed by atoms with Gasteiger partial charge in [-0.15, -0.1) is 0 Å². The molecular formula is C11H12ClN3. The molecule has 3 nitrogen and oxygen atoms in total. The maximum absolute atomic E-state index is 6.06. The van der Waals surface area contributed by atoms with Crippen LogP contribution in [-0.2, 0) is 6.54 Å². The summed E-state index contributed by atoms with van der Waals surface area (Å²) in [5.41, 5.74) is 7.67. The van der Waals surface area contributed by atoms with Crippen molar-refractivity contribution in [3.8, 4) is 5.69 Å². The lowest BCUT2D eigenvalue weighted by atomic mass is 10.2. The van der Waals surface area contributed by atoms with E-state index in [4.69, 9.17) is 17.3 Å². The molecule has 0 unspecified atom stereocenters. The van der Waals surface area contributed by atoms with Crippen LogP contribution < -0.4 is 5.73 Å². The Morgan fingerprint density at radius 3 is 3.00 bits per heavy atom. The van der Waals surface area contributed by atoms with E-state index < -0.39 is 0 Å². The van der Waals surface area contributed by atoms with Crippen molar-refractivity contribution in [2.24, 2.45) is 5.73 Å². The molecule has 0 amide bonds. The fourth-order valence-corrected chi connectivity index (χ4v) is 1.73. The third-order valence-corrected chi connectivity index (χ3v) is 2.81. The van der Waals surface area contributed by atoms with E-state index >= 15 is 0 Å². The van der Waals surface area contributed by atoms with Crippen LogP contribution in [0.2, 0.25) is 5.02 Å². The summed E-state index contributed by atoms with van der Waals surface area (Å²) in [5, 5.41) is 0.754. The largest absolute Gasteiger partial charge is 0.324 e. The van der Waals surface area contributed by atoms with Gasteiger partial charge in [-0.3, -0.25) is 0 Å². The maximum atomic E-state index is 6.06. The van der Waals surface area contributed by atoms with Crippen molar-refractivity contribution in [1.29, 1.82) is 0 Å². The zero-order chi connectivity index (χ0) is 10.8. The van der Waals surface area contributed by atoms with Gasteiger partial charge in [-0.2, -0.15) is 0 Å². The van der Waals surface area contributed by atoms with Gasteiger partial charge in [-0.1, -0.05) is 17.7 Å². The van der Waals surface area contributed by atoms with Gasteiger partial charge in [0.1, 0.15) is 5.82 Å². The van der Waals surface area contributed by atoms with Crippen LogP contribution in [0, 0.1) is 6.92 Å². The Morgan fingerprint density at radius 2 is 2.27 bits per heavy atom. The molecule has 0 spiro atoms. The number of aromatic nitrogens is 2. The van der Waals surface area contributed by atoms with Crippen LogP contribution >= 0.6 is 11.6 Å². The standard InChI is InChI=1S/C11H12ClN3/c1-8-9(12)3-2-4-10(8)15-6-5-14-11(15)7-13/h2-6H,7,13H2,1H3. The van der Waals surface area contributed by atoms with Gasteiger partial charge in [0.15, 0.2) is 0 Å².